The van der Waals surface area contributed by atoms with Crippen molar-refractivity contribution < 1.29 is 13.5 Å². The lowest BCUT2D eigenvalue weighted by atomic mass is 10.1. The van der Waals surface area contributed by atoms with Crippen LogP contribution < -0.4 is 5.73 Å². The molecule has 0 aromatic heterocycles. The van der Waals surface area contributed by atoms with Crippen LogP contribution in [0.3, 0.4) is 0 Å². The lowest BCUT2D eigenvalue weighted by molar-refractivity contribution is 0.225. The zero-order chi connectivity index (χ0) is 11.7. The molecule has 2 rings (SSSR count). The van der Waals surface area contributed by atoms with E-state index in [4.69, 9.17) is 10.5 Å². The van der Waals surface area contributed by atoms with Gasteiger partial charge in [0.1, 0.15) is 5.76 Å². The van der Waals surface area contributed by atoms with Crippen molar-refractivity contribution in [1.82, 2.24) is 0 Å². The Labute approximate surface area is 100 Å². The summed E-state index contributed by atoms with van der Waals surface area (Å²) in [6.07, 6.45) is 2.66. The molecule has 2 N–H and O–H groups in total. The Morgan fingerprint density at radius 1 is 1.38 bits per heavy atom. The monoisotopic (exact) mass is 289 g/mol. The molecule has 1 aliphatic rings. The van der Waals surface area contributed by atoms with E-state index in [-0.39, 0.29) is 4.47 Å². The molecule has 0 aliphatic carbocycles. The third-order valence-corrected chi connectivity index (χ3v) is 3.24. The molecule has 1 aromatic rings. The van der Waals surface area contributed by atoms with Gasteiger partial charge >= 0.3 is 0 Å². The van der Waals surface area contributed by atoms with E-state index in [0.29, 0.717) is 17.9 Å². The number of ether oxygens (including phenoxy) is 1. The van der Waals surface area contributed by atoms with Gasteiger partial charge in [-0.25, -0.2) is 8.78 Å². The summed E-state index contributed by atoms with van der Waals surface area (Å²) in [5.74, 6) is -1.22. The fraction of sp³-hybridized carbons (Fsp3) is 0.273. The average molecular weight is 290 g/mol. The summed E-state index contributed by atoms with van der Waals surface area (Å²) in [6, 6.07) is 1.95. The molecule has 1 unspecified atom stereocenters. The summed E-state index contributed by atoms with van der Waals surface area (Å²) in [6.45, 7) is 0.588. The van der Waals surface area contributed by atoms with Crippen LogP contribution in [0.2, 0.25) is 0 Å². The van der Waals surface area contributed by atoms with Crippen LogP contribution in [0.1, 0.15) is 18.0 Å². The topological polar surface area (TPSA) is 35.2 Å². The predicted molar refractivity (Wildman–Crippen MR) is 59.6 cm³/mol. The van der Waals surface area contributed by atoms with Crippen LogP contribution in [-0.2, 0) is 4.74 Å². The standard InChI is InChI=1S/C11H10BrF2NO/c12-9-6(3-4-7(13)10(9)14)11(15)8-2-1-5-16-8/h2-4,11H,1,5,15H2. The Hall–Kier alpha value is -0.940. The summed E-state index contributed by atoms with van der Waals surface area (Å²) >= 11 is 3.00. The molecule has 86 valence electrons. The Morgan fingerprint density at radius 2 is 2.12 bits per heavy atom. The molecule has 5 heteroatoms. The van der Waals surface area contributed by atoms with Gasteiger partial charge in [0.15, 0.2) is 11.6 Å². The number of rotatable bonds is 2. The molecule has 0 saturated heterocycles. The molecule has 0 bridgehead atoms. The maximum Gasteiger partial charge on any atom is 0.173 e. The number of hydrogen-bond acceptors (Lipinski definition) is 2. The first-order chi connectivity index (χ1) is 7.61. The predicted octanol–water partition coefficient (Wildman–Crippen LogP) is 3.03. The molecule has 1 atom stereocenters. The largest absolute Gasteiger partial charge is 0.496 e. The van der Waals surface area contributed by atoms with Gasteiger partial charge < -0.3 is 10.5 Å². The van der Waals surface area contributed by atoms with Crippen molar-refractivity contribution >= 4 is 15.9 Å². The molecule has 0 amide bonds. The van der Waals surface area contributed by atoms with Crippen molar-refractivity contribution in [3.05, 3.63) is 45.6 Å². The molecular formula is C11H10BrF2NO. The fourth-order valence-electron chi connectivity index (χ4n) is 1.59. The minimum atomic E-state index is -0.924. The van der Waals surface area contributed by atoms with Gasteiger partial charge in [0.25, 0.3) is 0 Å². The van der Waals surface area contributed by atoms with E-state index < -0.39 is 17.7 Å². The molecule has 0 radical (unpaired) electrons. The van der Waals surface area contributed by atoms with Crippen LogP contribution in [0.25, 0.3) is 0 Å². The highest BCUT2D eigenvalue weighted by atomic mass is 79.9. The second kappa shape index (κ2) is 4.51. The Morgan fingerprint density at radius 3 is 2.75 bits per heavy atom. The first-order valence-corrected chi connectivity index (χ1v) is 5.62. The smallest absolute Gasteiger partial charge is 0.173 e. The molecule has 1 aliphatic heterocycles. The van der Waals surface area contributed by atoms with Crippen LogP contribution in [-0.4, -0.2) is 6.61 Å². The van der Waals surface area contributed by atoms with Crippen LogP contribution >= 0.6 is 15.9 Å². The Bertz CT molecular complexity index is 448. The van der Waals surface area contributed by atoms with Gasteiger partial charge in [-0.1, -0.05) is 6.07 Å². The van der Waals surface area contributed by atoms with Crippen LogP contribution in [0.4, 0.5) is 8.78 Å². The molecule has 0 saturated carbocycles. The third-order valence-electron chi connectivity index (χ3n) is 2.44. The third kappa shape index (κ3) is 1.97. The fourth-order valence-corrected chi connectivity index (χ4v) is 2.16. The van der Waals surface area contributed by atoms with Gasteiger partial charge in [0.05, 0.1) is 17.1 Å². The lowest BCUT2D eigenvalue weighted by Gasteiger charge is -2.15. The van der Waals surface area contributed by atoms with Crippen molar-refractivity contribution in [1.29, 1.82) is 0 Å². The quantitative estimate of drug-likeness (QED) is 0.850. The highest BCUT2D eigenvalue weighted by molar-refractivity contribution is 9.10. The average Bonchev–Trinajstić information content (AvgIpc) is 2.79. The van der Waals surface area contributed by atoms with Gasteiger partial charge in [-0.3, -0.25) is 0 Å². The molecule has 0 fully saturated rings. The van der Waals surface area contributed by atoms with E-state index in [1.165, 1.54) is 6.07 Å². The Balaban J connectivity index is 2.37. The molecule has 1 heterocycles. The van der Waals surface area contributed by atoms with Gasteiger partial charge in [-0.2, -0.15) is 0 Å². The highest BCUT2D eigenvalue weighted by Crippen LogP contribution is 2.32. The number of hydrogen-bond donors (Lipinski definition) is 1. The summed E-state index contributed by atoms with van der Waals surface area (Å²) in [5.41, 5.74) is 6.39. The van der Waals surface area contributed by atoms with Crippen LogP contribution in [0.15, 0.2) is 28.4 Å². The van der Waals surface area contributed by atoms with Crippen LogP contribution in [0.5, 0.6) is 0 Å². The minimum absolute atomic E-state index is 0.0522. The van der Waals surface area contributed by atoms with Gasteiger partial charge in [0, 0.05) is 6.42 Å². The summed E-state index contributed by atoms with van der Waals surface area (Å²) in [4.78, 5) is 0. The first-order valence-electron chi connectivity index (χ1n) is 4.83. The number of halogens is 3. The maximum atomic E-state index is 13.3. The summed E-state index contributed by atoms with van der Waals surface area (Å²) in [5, 5.41) is 0. The molecule has 16 heavy (non-hydrogen) atoms. The van der Waals surface area contributed by atoms with Crippen LogP contribution in [0, 0.1) is 11.6 Å². The van der Waals surface area contributed by atoms with Crippen molar-refractivity contribution in [3.63, 3.8) is 0 Å². The van der Waals surface area contributed by atoms with Gasteiger partial charge in [-0.15, -0.1) is 0 Å². The molecule has 1 aromatic carbocycles. The van der Waals surface area contributed by atoms with Gasteiger partial charge in [0.2, 0.25) is 0 Å². The summed E-state index contributed by atoms with van der Waals surface area (Å²) in [7, 11) is 0. The molecular weight excluding hydrogens is 280 g/mol. The number of benzene rings is 1. The van der Waals surface area contributed by atoms with E-state index in [0.717, 1.165) is 12.5 Å². The minimum Gasteiger partial charge on any atom is -0.496 e. The molecule has 2 nitrogen and oxygen atoms in total. The van der Waals surface area contributed by atoms with E-state index in [1.54, 1.807) is 0 Å². The zero-order valence-corrected chi connectivity index (χ0v) is 9.93. The van der Waals surface area contributed by atoms with Crippen molar-refractivity contribution in [3.8, 4) is 0 Å². The van der Waals surface area contributed by atoms with Crippen molar-refractivity contribution in [2.75, 3.05) is 6.61 Å². The van der Waals surface area contributed by atoms with E-state index in [1.807, 2.05) is 6.08 Å². The number of nitrogens with two attached hydrogens (primary N) is 1. The second-order valence-corrected chi connectivity index (χ2v) is 4.28. The van der Waals surface area contributed by atoms with E-state index in [2.05, 4.69) is 15.9 Å². The van der Waals surface area contributed by atoms with E-state index in [9.17, 15) is 8.78 Å². The highest BCUT2D eigenvalue weighted by Gasteiger charge is 2.21. The second-order valence-electron chi connectivity index (χ2n) is 3.49. The zero-order valence-electron chi connectivity index (χ0n) is 8.34. The summed E-state index contributed by atoms with van der Waals surface area (Å²) < 4.78 is 31.6. The van der Waals surface area contributed by atoms with Gasteiger partial charge in [-0.05, 0) is 33.6 Å². The van der Waals surface area contributed by atoms with Crippen molar-refractivity contribution in [2.45, 2.75) is 12.5 Å². The van der Waals surface area contributed by atoms with Crippen molar-refractivity contribution in [2.24, 2.45) is 5.73 Å². The maximum absolute atomic E-state index is 13.3. The molecule has 0 spiro atoms. The Kier molecular flexibility index (Phi) is 3.25. The van der Waals surface area contributed by atoms with E-state index >= 15 is 0 Å². The lowest BCUT2D eigenvalue weighted by Crippen LogP contribution is -2.15. The first kappa shape index (κ1) is 11.5. The SMILES string of the molecule is NC(C1=CCCO1)c1ccc(F)c(F)c1Br. The normalized spacial score (nSPS) is 16.9.